The number of aromatic nitrogens is 4. The van der Waals surface area contributed by atoms with Crippen LogP contribution in [0.1, 0.15) is 85.9 Å². The number of nitrogens with two attached hydrogens (primary N) is 2. The number of amides is 1. The molecule has 45 heavy (non-hydrogen) atoms. The largest absolute Gasteiger partial charge is 0.397 e. The fourth-order valence-corrected chi connectivity index (χ4v) is 6.97. The van der Waals surface area contributed by atoms with E-state index in [0.717, 1.165) is 24.8 Å². The number of nitrogen functional groups attached to an aromatic ring is 2. The lowest BCUT2D eigenvalue weighted by Gasteiger charge is -2.46. The zero-order valence-corrected chi connectivity index (χ0v) is 27.5. The van der Waals surface area contributed by atoms with Gasteiger partial charge in [0.15, 0.2) is 23.5 Å². The molecule has 244 valence electrons. The smallest absolute Gasteiger partial charge is 0.224 e. The Bertz CT molecular complexity index is 1540. The van der Waals surface area contributed by atoms with E-state index >= 15 is 0 Å². The molecule has 0 bridgehead atoms. The van der Waals surface area contributed by atoms with Gasteiger partial charge in [0, 0.05) is 25.0 Å². The molecule has 12 nitrogen and oxygen atoms in total. The van der Waals surface area contributed by atoms with E-state index in [-0.39, 0.29) is 29.6 Å². The van der Waals surface area contributed by atoms with Crippen LogP contribution in [0.2, 0.25) is 0 Å². The number of carbonyl (C=O) groups excluding carboxylic acids is 1. The highest BCUT2D eigenvalue weighted by molar-refractivity contribution is 5.93. The minimum atomic E-state index is -0.732. The fourth-order valence-electron chi connectivity index (χ4n) is 6.97. The number of nitrogens with zero attached hydrogens (tertiary/aromatic N) is 5. The predicted octanol–water partition coefficient (Wildman–Crippen LogP) is 4.61. The van der Waals surface area contributed by atoms with Crippen LogP contribution in [-0.2, 0) is 24.4 Å². The van der Waals surface area contributed by atoms with E-state index in [2.05, 4.69) is 59.8 Å². The lowest BCUT2D eigenvalue weighted by Crippen LogP contribution is -2.52. The van der Waals surface area contributed by atoms with Crippen molar-refractivity contribution in [3.8, 4) is 0 Å². The van der Waals surface area contributed by atoms with Crippen molar-refractivity contribution in [2.45, 2.75) is 122 Å². The molecule has 1 aliphatic carbocycles. The van der Waals surface area contributed by atoms with E-state index in [1.54, 1.807) is 6.33 Å². The molecule has 3 aromatic rings. The molecule has 4 atom stereocenters. The summed E-state index contributed by atoms with van der Waals surface area (Å²) in [6, 6.07) is 6.63. The van der Waals surface area contributed by atoms with Crippen LogP contribution < -0.4 is 16.8 Å². The number of nitrogens with one attached hydrogen (secondary N) is 1. The van der Waals surface area contributed by atoms with Crippen LogP contribution in [0.4, 0.5) is 17.2 Å². The molecule has 6 rings (SSSR count). The second-order valence-electron chi connectivity index (χ2n) is 14.6. The zero-order valence-electron chi connectivity index (χ0n) is 27.5. The van der Waals surface area contributed by atoms with Gasteiger partial charge in [0.2, 0.25) is 5.91 Å². The van der Waals surface area contributed by atoms with E-state index in [0.29, 0.717) is 59.3 Å². The summed E-state index contributed by atoms with van der Waals surface area (Å²) in [6.07, 6.45) is 5.32. The maximum Gasteiger partial charge on any atom is 0.224 e. The number of carbonyl (C=O) groups is 1. The van der Waals surface area contributed by atoms with Gasteiger partial charge in [0.05, 0.1) is 17.7 Å². The van der Waals surface area contributed by atoms with Crippen molar-refractivity contribution in [2.24, 2.45) is 5.92 Å². The second kappa shape index (κ2) is 11.8. The van der Waals surface area contributed by atoms with Gasteiger partial charge in [0.25, 0.3) is 0 Å². The first-order valence-corrected chi connectivity index (χ1v) is 16.1. The average Bonchev–Trinajstić information content (AvgIpc) is 3.59. The van der Waals surface area contributed by atoms with Crippen LogP contribution >= 0.6 is 0 Å². The maximum absolute atomic E-state index is 12.8. The summed E-state index contributed by atoms with van der Waals surface area (Å²) in [5.41, 5.74) is 15.9. The first kappa shape index (κ1) is 31.7. The highest BCUT2D eigenvalue weighted by atomic mass is 16.8. The molecule has 2 saturated heterocycles. The van der Waals surface area contributed by atoms with Crippen molar-refractivity contribution >= 4 is 34.3 Å². The maximum atomic E-state index is 12.8. The van der Waals surface area contributed by atoms with Crippen molar-refractivity contribution in [3.05, 3.63) is 36.4 Å². The summed E-state index contributed by atoms with van der Waals surface area (Å²) in [7, 11) is 0. The van der Waals surface area contributed by atoms with Crippen LogP contribution in [0, 0.1) is 5.92 Å². The first-order valence-electron chi connectivity index (χ1n) is 16.1. The van der Waals surface area contributed by atoms with Gasteiger partial charge >= 0.3 is 0 Å². The molecule has 3 fully saturated rings. The lowest BCUT2D eigenvalue weighted by atomic mass is 9.76. The molecule has 1 unspecified atom stereocenters. The molecule has 12 heteroatoms. The topological polar surface area (TPSA) is 156 Å². The van der Waals surface area contributed by atoms with Crippen molar-refractivity contribution in [3.63, 3.8) is 0 Å². The molecule has 1 saturated carbocycles. The van der Waals surface area contributed by atoms with Gasteiger partial charge < -0.3 is 31.0 Å². The number of ether oxygens (including phenoxy) is 3. The van der Waals surface area contributed by atoms with Gasteiger partial charge in [-0.15, -0.1) is 0 Å². The van der Waals surface area contributed by atoms with Crippen molar-refractivity contribution < 1.29 is 19.0 Å². The normalized spacial score (nSPS) is 27.7. The van der Waals surface area contributed by atoms with E-state index in [1.807, 2.05) is 36.6 Å². The Morgan fingerprint density at radius 1 is 1.13 bits per heavy atom. The van der Waals surface area contributed by atoms with Crippen LogP contribution in [0.3, 0.4) is 0 Å². The number of hydrogen-bond acceptors (Lipinski definition) is 10. The number of rotatable bonds is 9. The van der Waals surface area contributed by atoms with Gasteiger partial charge in [-0.3, -0.25) is 14.3 Å². The van der Waals surface area contributed by atoms with E-state index in [1.165, 1.54) is 6.33 Å². The molecule has 4 heterocycles. The summed E-state index contributed by atoms with van der Waals surface area (Å²) >= 11 is 0. The number of fused-ring (bicyclic) bond motifs is 2. The predicted molar refractivity (Wildman–Crippen MR) is 173 cm³/mol. The molecule has 5 N–H and O–H groups in total. The van der Waals surface area contributed by atoms with Crippen molar-refractivity contribution in [1.29, 1.82) is 0 Å². The Morgan fingerprint density at radius 2 is 1.87 bits per heavy atom. The van der Waals surface area contributed by atoms with E-state index in [4.69, 9.17) is 25.7 Å². The van der Waals surface area contributed by atoms with Crippen LogP contribution in [-0.4, -0.2) is 73.1 Å². The molecular weight excluding hydrogens is 572 g/mol. The Kier molecular flexibility index (Phi) is 8.30. The molecule has 1 aromatic carbocycles. The van der Waals surface area contributed by atoms with Crippen molar-refractivity contribution in [2.75, 3.05) is 23.3 Å². The Balaban J connectivity index is 1.06. The second-order valence-corrected chi connectivity index (χ2v) is 14.6. The summed E-state index contributed by atoms with van der Waals surface area (Å²) < 4.78 is 21.3. The zero-order chi connectivity index (χ0) is 32.3. The molecule has 0 radical (unpaired) electrons. The minimum absolute atomic E-state index is 0.00244. The van der Waals surface area contributed by atoms with Crippen molar-refractivity contribution in [1.82, 2.24) is 24.4 Å². The van der Waals surface area contributed by atoms with E-state index in [9.17, 15) is 4.79 Å². The van der Waals surface area contributed by atoms with Crippen LogP contribution in [0.25, 0.3) is 11.2 Å². The summed E-state index contributed by atoms with van der Waals surface area (Å²) in [5.74, 6) is 0.103. The van der Waals surface area contributed by atoms with Gasteiger partial charge in [-0.05, 0) is 76.0 Å². The first-order chi connectivity index (χ1) is 21.2. The fraction of sp³-hybridized carbons (Fsp3) is 0.636. The number of hydrogen-bond donors (Lipinski definition) is 3. The number of benzene rings is 1. The van der Waals surface area contributed by atoms with Gasteiger partial charge in [0.1, 0.15) is 30.2 Å². The molecule has 1 amide bonds. The van der Waals surface area contributed by atoms with E-state index < -0.39 is 12.0 Å². The number of anilines is 3. The Hall–Kier alpha value is -3.32. The quantitative estimate of drug-likeness (QED) is 0.289. The highest BCUT2D eigenvalue weighted by Crippen LogP contribution is 2.45. The molecule has 2 aromatic heterocycles. The van der Waals surface area contributed by atoms with Gasteiger partial charge in [-0.2, -0.15) is 0 Å². The third-order valence-electron chi connectivity index (χ3n) is 9.49. The van der Waals surface area contributed by atoms with Crippen LogP contribution in [0.15, 0.2) is 30.9 Å². The summed E-state index contributed by atoms with van der Waals surface area (Å²) in [4.78, 5) is 28.2. The highest BCUT2D eigenvalue weighted by Gasteiger charge is 2.57. The van der Waals surface area contributed by atoms with Crippen LogP contribution in [0.5, 0.6) is 0 Å². The number of imidazole rings is 1. The Labute approximate surface area is 265 Å². The lowest BCUT2D eigenvalue weighted by molar-refractivity contribution is -0.199. The van der Waals surface area contributed by atoms with Gasteiger partial charge in [-0.1, -0.05) is 26.8 Å². The molecule has 3 aliphatic rings. The Morgan fingerprint density at radius 3 is 2.56 bits per heavy atom. The minimum Gasteiger partial charge on any atom is -0.397 e. The summed E-state index contributed by atoms with van der Waals surface area (Å²) in [5, 5.41) is 3.01. The average molecular weight is 621 g/mol. The SMILES string of the molecule is CC(C)N(C[C@H]1O[C@H](n2cnc3c(N)ncnc32)C2OC(C)(C)O[C@@H]21)[C@H]1C[C@@H](CCC(=O)Nc2ccc(C(C)(C)C)cc2N)C1. The van der Waals surface area contributed by atoms with Gasteiger partial charge in [-0.25, -0.2) is 15.0 Å². The molecule has 0 spiro atoms. The molecular formula is C33H48N8O4. The summed E-state index contributed by atoms with van der Waals surface area (Å²) in [6.45, 7) is 15.5. The monoisotopic (exact) mass is 620 g/mol. The molecule has 2 aliphatic heterocycles. The third kappa shape index (κ3) is 6.38. The standard InChI is InChI=1S/C33H48N8O4/c1-18(2)40(21-12-19(13-21)8-11-25(42)39-23-10-9-20(14-22(23)34)32(3,4)5)15-24-27-28(45-33(6,7)44-27)31(43-24)41-17-38-26-29(35)36-16-37-30(26)41/h9-10,14,16-19,21,24,27-28,31H,8,11-13,15,34H2,1-7H3,(H,39,42)(H2,35,36,37)/t19-,21+,24-,27-,28?,31+/m1/s1. The third-order valence-corrected chi connectivity index (χ3v) is 9.49.